The summed E-state index contributed by atoms with van der Waals surface area (Å²) < 4.78 is 5.85. The van der Waals surface area contributed by atoms with Gasteiger partial charge < -0.3 is 4.43 Å². The molecule has 0 bridgehead atoms. The summed E-state index contributed by atoms with van der Waals surface area (Å²) in [6.45, 7) is 7.29. The zero-order valence-corrected chi connectivity index (χ0v) is 13.4. The summed E-state index contributed by atoms with van der Waals surface area (Å²) in [5.41, 5.74) is 6.04. The molecule has 19 heavy (non-hydrogen) atoms. The Hall–Kier alpha value is -1.38. The van der Waals surface area contributed by atoms with Gasteiger partial charge in [-0.15, -0.1) is 0 Å². The minimum atomic E-state index is -0.614. The molecule has 0 saturated carbocycles. The smallest absolute Gasteiger partial charge is 0.173 e. The third kappa shape index (κ3) is 3.34. The topological polar surface area (TPSA) is 9.23 Å². The molecule has 0 amide bonds. The van der Waals surface area contributed by atoms with Crippen molar-refractivity contribution >= 4 is 9.76 Å². The minimum absolute atomic E-state index is 0.461. The lowest BCUT2D eigenvalue weighted by Crippen LogP contribution is -2.15. The molecule has 0 aliphatic rings. The standard InChI is InChI=1S/C17H22OSi/c1-4-18-19-17(15-11-7-5-9-13(15)2)16-12-8-6-10-14(16)3/h5-12,17H,4,19H2,1-3H3. The van der Waals surface area contributed by atoms with Crippen LogP contribution in [0.25, 0.3) is 0 Å². The van der Waals surface area contributed by atoms with Crippen molar-refractivity contribution in [2.75, 3.05) is 6.61 Å². The van der Waals surface area contributed by atoms with E-state index in [0.717, 1.165) is 6.61 Å². The quantitative estimate of drug-likeness (QED) is 0.756. The van der Waals surface area contributed by atoms with Crippen LogP contribution in [0, 0.1) is 13.8 Å². The van der Waals surface area contributed by atoms with Crippen LogP contribution in [0.4, 0.5) is 0 Å². The fourth-order valence-corrected chi connectivity index (χ4v) is 4.28. The van der Waals surface area contributed by atoms with Gasteiger partial charge in [-0.05, 0) is 43.0 Å². The molecule has 0 atom stereocenters. The van der Waals surface area contributed by atoms with E-state index in [1.807, 2.05) is 0 Å². The number of benzene rings is 2. The molecule has 0 saturated heterocycles. The molecule has 2 rings (SSSR count). The molecule has 0 fully saturated rings. The fourth-order valence-electron chi connectivity index (χ4n) is 2.54. The third-order valence-corrected chi connectivity index (χ3v) is 5.47. The van der Waals surface area contributed by atoms with E-state index in [0.29, 0.717) is 5.54 Å². The maximum atomic E-state index is 5.85. The van der Waals surface area contributed by atoms with Crippen molar-refractivity contribution < 1.29 is 4.43 Å². The molecule has 0 heterocycles. The summed E-state index contributed by atoms with van der Waals surface area (Å²) in [7, 11) is -0.614. The number of hydrogen-bond donors (Lipinski definition) is 0. The van der Waals surface area contributed by atoms with Crippen LogP contribution >= 0.6 is 0 Å². The van der Waals surface area contributed by atoms with Crippen molar-refractivity contribution in [2.45, 2.75) is 26.3 Å². The second-order valence-electron chi connectivity index (χ2n) is 4.93. The lowest BCUT2D eigenvalue weighted by atomic mass is 9.97. The van der Waals surface area contributed by atoms with Gasteiger partial charge in [0.05, 0.1) is 0 Å². The van der Waals surface area contributed by atoms with E-state index < -0.39 is 9.76 Å². The molecule has 0 radical (unpaired) electrons. The summed E-state index contributed by atoms with van der Waals surface area (Å²) in [6, 6.07) is 17.4. The van der Waals surface area contributed by atoms with Crippen molar-refractivity contribution in [1.82, 2.24) is 0 Å². The Bertz CT molecular complexity index is 491. The summed E-state index contributed by atoms with van der Waals surface area (Å²) in [5.74, 6) is 0. The number of aryl methyl sites for hydroxylation is 2. The van der Waals surface area contributed by atoms with Gasteiger partial charge in [0.25, 0.3) is 0 Å². The first-order chi connectivity index (χ1) is 9.24. The highest BCUT2D eigenvalue weighted by molar-refractivity contribution is 6.31. The van der Waals surface area contributed by atoms with Crippen LogP contribution in [0.2, 0.25) is 0 Å². The predicted octanol–water partition coefficient (Wildman–Crippen LogP) is 3.51. The van der Waals surface area contributed by atoms with Crippen molar-refractivity contribution in [3.8, 4) is 0 Å². The zero-order valence-electron chi connectivity index (χ0n) is 12.0. The Morgan fingerprint density at radius 2 is 1.37 bits per heavy atom. The Labute approximate surface area is 118 Å². The van der Waals surface area contributed by atoms with Crippen molar-refractivity contribution in [3.63, 3.8) is 0 Å². The van der Waals surface area contributed by atoms with Gasteiger partial charge in [0, 0.05) is 12.1 Å². The predicted molar refractivity (Wildman–Crippen MR) is 84.4 cm³/mol. The molecule has 2 aromatic carbocycles. The molecule has 2 aromatic rings. The highest BCUT2D eigenvalue weighted by Gasteiger charge is 2.18. The van der Waals surface area contributed by atoms with E-state index in [-0.39, 0.29) is 0 Å². The van der Waals surface area contributed by atoms with E-state index >= 15 is 0 Å². The summed E-state index contributed by atoms with van der Waals surface area (Å²) in [6.07, 6.45) is 0. The summed E-state index contributed by atoms with van der Waals surface area (Å²) in [5, 5.41) is 0. The van der Waals surface area contributed by atoms with Crippen LogP contribution in [0.5, 0.6) is 0 Å². The van der Waals surface area contributed by atoms with E-state index in [9.17, 15) is 0 Å². The first kappa shape index (κ1) is 14.0. The van der Waals surface area contributed by atoms with E-state index in [4.69, 9.17) is 4.43 Å². The fraction of sp³-hybridized carbons (Fsp3) is 0.294. The Balaban J connectivity index is 2.42. The lowest BCUT2D eigenvalue weighted by Gasteiger charge is -2.21. The van der Waals surface area contributed by atoms with Crippen LogP contribution in [0.1, 0.15) is 34.7 Å². The summed E-state index contributed by atoms with van der Waals surface area (Å²) in [4.78, 5) is 0. The van der Waals surface area contributed by atoms with Gasteiger partial charge in [-0.2, -0.15) is 0 Å². The maximum absolute atomic E-state index is 5.85. The lowest BCUT2D eigenvalue weighted by molar-refractivity contribution is 0.356. The van der Waals surface area contributed by atoms with Gasteiger partial charge in [-0.1, -0.05) is 48.5 Å². The zero-order chi connectivity index (χ0) is 13.7. The van der Waals surface area contributed by atoms with Gasteiger partial charge >= 0.3 is 0 Å². The molecule has 0 unspecified atom stereocenters. The van der Waals surface area contributed by atoms with Crippen molar-refractivity contribution in [2.24, 2.45) is 0 Å². The normalized spacial score (nSPS) is 11.6. The molecule has 0 aromatic heterocycles. The van der Waals surface area contributed by atoms with Crippen LogP contribution in [-0.4, -0.2) is 16.4 Å². The SMILES string of the molecule is CCO[SiH2]C(c1ccccc1C)c1ccccc1C. The molecule has 0 spiro atoms. The van der Waals surface area contributed by atoms with Crippen LogP contribution < -0.4 is 0 Å². The molecular weight excluding hydrogens is 248 g/mol. The molecule has 100 valence electrons. The van der Waals surface area contributed by atoms with E-state index in [1.54, 1.807) is 0 Å². The highest BCUT2D eigenvalue weighted by atomic mass is 28.2. The van der Waals surface area contributed by atoms with E-state index in [1.165, 1.54) is 22.3 Å². The van der Waals surface area contributed by atoms with Crippen LogP contribution in [-0.2, 0) is 4.43 Å². The van der Waals surface area contributed by atoms with Crippen LogP contribution in [0.3, 0.4) is 0 Å². The first-order valence-electron chi connectivity index (χ1n) is 6.92. The Morgan fingerprint density at radius 3 is 1.79 bits per heavy atom. The number of rotatable bonds is 5. The van der Waals surface area contributed by atoms with Gasteiger partial charge in [-0.3, -0.25) is 0 Å². The average Bonchev–Trinajstić information content (AvgIpc) is 2.42. The molecule has 0 N–H and O–H groups in total. The van der Waals surface area contributed by atoms with Gasteiger partial charge in [0.2, 0.25) is 0 Å². The largest absolute Gasteiger partial charge is 0.423 e. The molecular formula is C17H22OSi. The second kappa shape index (κ2) is 6.69. The molecule has 0 aliphatic heterocycles. The van der Waals surface area contributed by atoms with Crippen LogP contribution in [0.15, 0.2) is 48.5 Å². The maximum Gasteiger partial charge on any atom is 0.173 e. The average molecular weight is 270 g/mol. The molecule has 2 heteroatoms. The third-order valence-electron chi connectivity index (χ3n) is 3.62. The van der Waals surface area contributed by atoms with Crippen molar-refractivity contribution in [1.29, 1.82) is 0 Å². The van der Waals surface area contributed by atoms with E-state index in [2.05, 4.69) is 69.3 Å². The highest BCUT2D eigenvalue weighted by Crippen LogP contribution is 2.28. The Morgan fingerprint density at radius 1 is 0.895 bits per heavy atom. The Kier molecular flexibility index (Phi) is 4.94. The monoisotopic (exact) mass is 270 g/mol. The number of hydrogen-bond acceptors (Lipinski definition) is 1. The van der Waals surface area contributed by atoms with Gasteiger partial charge in [0.1, 0.15) is 0 Å². The van der Waals surface area contributed by atoms with Gasteiger partial charge in [0.15, 0.2) is 9.76 Å². The molecule has 0 aliphatic carbocycles. The minimum Gasteiger partial charge on any atom is -0.423 e. The summed E-state index contributed by atoms with van der Waals surface area (Å²) >= 11 is 0. The van der Waals surface area contributed by atoms with Gasteiger partial charge in [-0.25, -0.2) is 0 Å². The second-order valence-corrected chi connectivity index (χ2v) is 6.48. The van der Waals surface area contributed by atoms with Crippen molar-refractivity contribution in [3.05, 3.63) is 70.8 Å². The first-order valence-corrected chi connectivity index (χ1v) is 8.32. The molecule has 1 nitrogen and oxygen atoms in total.